The number of methoxy groups -OCH3 is 1. The van der Waals surface area contributed by atoms with Gasteiger partial charge < -0.3 is 18.9 Å². The Morgan fingerprint density at radius 2 is 1.29 bits per heavy atom. The van der Waals surface area contributed by atoms with Crippen LogP contribution in [0.5, 0.6) is 11.5 Å². The maximum absolute atomic E-state index is 12.3. The number of benzene rings is 3. The summed E-state index contributed by atoms with van der Waals surface area (Å²) in [4.78, 5) is 36.0. The number of carbonyl (C=O) groups is 3. The van der Waals surface area contributed by atoms with Gasteiger partial charge >= 0.3 is 17.9 Å². The molecule has 42 heavy (non-hydrogen) atoms. The van der Waals surface area contributed by atoms with E-state index in [0.717, 1.165) is 47.1 Å². The molecule has 0 atom stereocenters. The number of ether oxygens (including phenoxy) is 4. The molecule has 0 saturated heterocycles. The maximum atomic E-state index is 12.3. The molecule has 0 unspecified atom stereocenters. The first kappa shape index (κ1) is 31.8. The van der Waals surface area contributed by atoms with Gasteiger partial charge in [-0.05, 0) is 79.6 Å². The van der Waals surface area contributed by atoms with E-state index in [9.17, 15) is 14.4 Å². The van der Waals surface area contributed by atoms with Crippen molar-refractivity contribution in [3.63, 3.8) is 0 Å². The van der Waals surface area contributed by atoms with Crippen LogP contribution in [-0.4, -0.2) is 38.2 Å². The number of unbranched alkanes of at least 4 members (excludes halogenated alkanes) is 1. The number of esters is 3. The lowest BCUT2D eigenvalue weighted by Crippen LogP contribution is -2.11. The van der Waals surface area contributed by atoms with Crippen LogP contribution in [0.15, 0.2) is 103 Å². The van der Waals surface area contributed by atoms with Crippen LogP contribution in [0.25, 0.3) is 22.3 Å². The number of aryl methyl sites for hydroxylation is 1. The van der Waals surface area contributed by atoms with E-state index in [1.54, 1.807) is 32.0 Å². The van der Waals surface area contributed by atoms with Crippen LogP contribution in [0.2, 0.25) is 0 Å². The second-order valence-corrected chi connectivity index (χ2v) is 9.90. The van der Waals surface area contributed by atoms with Gasteiger partial charge in [-0.3, -0.25) is 0 Å². The van der Waals surface area contributed by atoms with Crippen LogP contribution in [0.3, 0.4) is 0 Å². The lowest BCUT2D eigenvalue weighted by Gasteiger charge is -2.14. The molecule has 3 aromatic carbocycles. The quantitative estimate of drug-likeness (QED) is 0.0891. The molecule has 7 heteroatoms. The lowest BCUT2D eigenvalue weighted by molar-refractivity contribution is -0.139. The van der Waals surface area contributed by atoms with Crippen LogP contribution < -0.4 is 9.47 Å². The van der Waals surface area contributed by atoms with Crippen molar-refractivity contribution in [1.29, 1.82) is 0 Å². The molecule has 0 amide bonds. The number of hydrogen-bond acceptors (Lipinski definition) is 7. The molecular weight excluding hydrogens is 532 g/mol. The topological polar surface area (TPSA) is 88.1 Å². The third-order valence-corrected chi connectivity index (χ3v) is 6.24. The van der Waals surface area contributed by atoms with Gasteiger partial charge in [0, 0.05) is 23.8 Å². The number of carbonyl (C=O) groups excluding carboxylic acids is 3. The van der Waals surface area contributed by atoms with E-state index >= 15 is 0 Å². The van der Waals surface area contributed by atoms with Crippen molar-refractivity contribution >= 4 is 17.9 Å². The molecule has 0 aromatic heterocycles. The van der Waals surface area contributed by atoms with Crippen LogP contribution in [0, 0.1) is 0 Å². The van der Waals surface area contributed by atoms with Crippen LogP contribution >= 0.6 is 0 Å². The van der Waals surface area contributed by atoms with Crippen molar-refractivity contribution < 1.29 is 33.3 Å². The summed E-state index contributed by atoms with van der Waals surface area (Å²) in [7, 11) is 1.50. The summed E-state index contributed by atoms with van der Waals surface area (Å²) in [5.41, 5.74) is 5.46. The zero-order valence-electron chi connectivity index (χ0n) is 24.4. The second kappa shape index (κ2) is 15.3. The van der Waals surface area contributed by atoms with Crippen molar-refractivity contribution in [1.82, 2.24) is 0 Å². The Kier molecular flexibility index (Phi) is 11.6. The van der Waals surface area contributed by atoms with Crippen molar-refractivity contribution in [3.05, 3.63) is 109 Å². The van der Waals surface area contributed by atoms with Crippen molar-refractivity contribution in [2.24, 2.45) is 0 Å². The fraction of sp³-hybridized carbons (Fsp3) is 0.229. The van der Waals surface area contributed by atoms with Crippen molar-refractivity contribution in [2.75, 3.05) is 20.3 Å². The highest BCUT2D eigenvalue weighted by Crippen LogP contribution is 2.35. The maximum Gasteiger partial charge on any atom is 0.338 e. The van der Waals surface area contributed by atoms with Gasteiger partial charge in [0.15, 0.2) is 0 Å². The standard InChI is InChI=1S/C35H36O7/c1-23(2)33(36)41-30-17-14-27(15-18-30)29-16-19-32(42-34(37)24(3)4)31(21-29)28-12-10-26(11-13-28)9-7-8-20-40-35(38)25(5)22-39-6/h10-19,21H,1,3,5,7-9,20,22H2,2,4,6H3. The first-order valence-corrected chi connectivity index (χ1v) is 13.5. The summed E-state index contributed by atoms with van der Waals surface area (Å²) >= 11 is 0. The van der Waals surface area contributed by atoms with Gasteiger partial charge in [-0.1, -0.05) is 62.2 Å². The Balaban J connectivity index is 1.74. The molecule has 0 spiro atoms. The Morgan fingerprint density at radius 1 is 0.690 bits per heavy atom. The van der Waals surface area contributed by atoms with E-state index in [4.69, 9.17) is 18.9 Å². The van der Waals surface area contributed by atoms with E-state index in [-0.39, 0.29) is 6.61 Å². The van der Waals surface area contributed by atoms with Crippen molar-refractivity contribution in [3.8, 4) is 33.8 Å². The smallest absolute Gasteiger partial charge is 0.338 e. The van der Waals surface area contributed by atoms with Gasteiger partial charge in [0.25, 0.3) is 0 Å². The highest BCUT2D eigenvalue weighted by Gasteiger charge is 2.14. The molecule has 0 aliphatic heterocycles. The zero-order valence-corrected chi connectivity index (χ0v) is 24.4. The van der Waals surface area contributed by atoms with Crippen LogP contribution in [0.4, 0.5) is 0 Å². The van der Waals surface area contributed by atoms with Crippen LogP contribution in [-0.2, 0) is 30.3 Å². The summed E-state index contributed by atoms with van der Waals surface area (Å²) in [6, 6.07) is 20.8. The van der Waals surface area contributed by atoms with Gasteiger partial charge in [-0.2, -0.15) is 0 Å². The van der Waals surface area contributed by atoms with E-state index in [1.807, 2.05) is 48.5 Å². The Bertz CT molecular complexity index is 1460. The summed E-state index contributed by atoms with van der Waals surface area (Å²) in [5, 5.41) is 0. The monoisotopic (exact) mass is 568 g/mol. The van der Waals surface area contributed by atoms with E-state index in [1.165, 1.54) is 7.11 Å². The van der Waals surface area contributed by atoms with E-state index in [0.29, 0.717) is 34.8 Å². The summed E-state index contributed by atoms with van der Waals surface area (Å²) in [6.45, 7) is 14.6. The molecule has 0 aliphatic carbocycles. The molecule has 0 saturated carbocycles. The van der Waals surface area contributed by atoms with Crippen LogP contribution in [0.1, 0.15) is 32.3 Å². The van der Waals surface area contributed by atoms with E-state index in [2.05, 4.69) is 19.7 Å². The van der Waals surface area contributed by atoms with Crippen molar-refractivity contribution in [2.45, 2.75) is 33.1 Å². The Labute approximate surface area is 247 Å². The first-order chi connectivity index (χ1) is 20.1. The molecule has 0 N–H and O–H groups in total. The molecule has 0 fully saturated rings. The average molecular weight is 569 g/mol. The highest BCUT2D eigenvalue weighted by molar-refractivity contribution is 5.91. The predicted octanol–water partition coefficient (Wildman–Crippen LogP) is 7.05. The Hall–Kier alpha value is -4.75. The lowest BCUT2D eigenvalue weighted by atomic mass is 9.96. The minimum atomic E-state index is -0.504. The highest BCUT2D eigenvalue weighted by atomic mass is 16.5. The SMILES string of the molecule is C=C(C)C(=O)Oc1ccc(-c2ccc(OC(=O)C(=C)C)c(-c3ccc(CCCCOC(=O)C(=C)COC)cc3)c2)cc1. The number of rotatable bonds is 14. The summed E-state index contributed by atoms with van der Waals surface area (Å²) in [5.74, 6) is -0.581. The minimum absolute atomic E-state index is 0.154. The Morgan fingerprint density at radius 3 is 1.90 bits per heavy atom. The largest absolute Gasteiger partial charge is 0.462 e. The third-order valence-electron chi connectivity index (χ3n) is 6.24. The molecule has 0 heterocycles. The number of hydrogen-bond donors (Lipinski definition) is 0. The second-order valence-electron chi connectivity index (χ2n) is 9.90. The molecule has 0 aliphatic rings. The van der Waals surface area contributed by atoms with Gasteiger partial charge in [-0.25, -0.2) is 14.4 Å². The molecule has 3 rings (SSSR count). The zero-order chi connectivity index (χ0) is 30.6. The molecule has 7 nitrogen and oxygen atoms in total. The predicted molar refractivity (Wildman–Crippen MR) is 163 cm³/mol. The van der Waals surface area contributed by atoms with Gasteiger partial charge in [0.1, 0.15) is 11.5 Å². The molecule has 3 aromatic rings. The first-order valence-electron chi connectivity index (χ1n) is 13.5. The average Bonchev–Trinajstić information content (AvgIpc) is 2.97. The summed E-state index contributed by atoms with van der Waals surface area (Å²) in [6.07, 6.45) is 2.39. The van der Waals surface area contributed by atoms with Gasteiger partial charge in [0.05, 0.1) is 18.8 Å². The summed E-state index contributed by atoms with van der Waals surface area (Å²) < 4.78 is 21.1. The fourth-order valence-corrected chi connectivity index (χ4v) is 3.90. The minimum Gasteiger partial charge on any atom is -0.462 e. The normalized spacial score (nSPS) is 10.5. The van der Waals surface area contributed by atoms with Gasteiger partial charge in [0.2, 0.25) is 0 Å². The fourth-order valence-electron chi connectivity index (χ4n) is 3.90. The van der Waals surface area contributed by atoms with E-state index < -0.39 is 17.9 Å². The van der Waals surface area contributed by atoms with Gasteiger partial charge in [-0.15, -0.1) is 0 Å². The molecule has 0 bridgehead atoms. The third kappa shape index (κ3) is 9.14. The molecule has 218 valence electrons. The molecular formula is C35H36O7. The molecule has 0 radical (unpaired) electrons.